The van der Waals surface area contributed by atoms with Gasteiger partial charge in [-0.1, -0.05) is 30.3 Å². The standard InChI is InChI=1S/C19H15N3O4/c20-12-15-8-6-14(7-9-15)10-11-18(24)26-13-17(23)22-19(25)21-16-4-2-1-3-5-16/h1-11H,13H2,(H2,21,22,23,25)/b11-10+. The highest BCUT2D eigenvalue weighted by atomic mass is 16.5. The van der Waals surface area contributed by atoms with Crippen LogP contribution in [0.15, 0.2) is 60.7 Å². The summed E-state index contributed by atoms with van der Waals surface area (Å²) in [6, 6.07) is 16.4. The Labute approximate surface area is 149 Å². The highest BCUT2D eigenvalue weighted by Gasteiger charge is 2.09. The summed E-state index contributed by atoms with van der Waals surface area (Å²) in [4.78, 5) is 34.8. The van der Waals surface area contributed by atoms with Gasteiger partial charge >= 0.3 is 12.0 Å². The van der Waals surface area contributed by atoms with Crippen molar-refractivity contribution in [1.82, 2.24) is 5.32 Å². The summed E-state index contributed by atoms with van der Waals surface area (Å²) >= 11 is 0. The smallest absolute Gasteiger partial charge is 0.331 e. The molecule has 0 heterocycles. The molecule has 0 aromatic heterocycles. The van der Waals surface area contributed by atoms with Crippen molar-refractivity contribution in [2.75, 3.05) is 11.9 Å². The van der Waals surface area contributed by atoms with Crippen molar-refractivity contribution in [3.8, 4) is 6.07 Å². The summed E-state index contributed by atoms with van der Waals surface area (Å²) in [5.41, 5.74) is 1.74. The lowest BCUT2D eigenvalue weighted by Gasteiger charge is -2.06. The van der Waals surface area contributed by atoms with E-state index in [9.17, 15) is 14.4 Å². The van der Waals surface area contributed by atoms with Gasteiger partial charge in [0.05, 0.1) is 11.6 Å². The van der Waals surface area contributed by atoms with Crippen molar-refractivity contribution < 1.29 is 19.1 Å². The number of ether oxygens (including phenoxy) is 1. The highest BCUT2D eigenvalue weighted by molar-refractivity contribution is 6.02. The number of hydrogen-bond donors (Lipinski definition) is 2. The fraction of sp³-hybridized carbons (Fsp3) is 0.0526. The van der Waals surface area contributed by atoms with E-state index in [2.05, 4.69) is 5.32 Å². The zero-order valence-corrected chi connectivity index (χ0v) is 13.6. The molecule has 0 radical (unpaired) electrons. The van der Waals surface area contributed by atoms with E-state index in [0.29, 0.717) is 16.8 Å². The number of carbonyl (C=O) groups excluding carboxylic acids is 3. The summed E-state index contributed by atoms with van der Waals surface area (Å²) in [6.45, 7) is -0.585. The number of carbonyl (C=O) groups is 3. The Bertz CT molecular complexity index is 853. The van der Waals surface area contributed by atoms with Gasteiger partial charge in [0.25, 0.3) is 5.91 Å². The van der Waals surface area contributed by atoms with Crippen LogP contribution in [0.25, 0.3) is 6.08 Å². The topological polar surface area (TPSA) is 108 Å². The molecule has 2 N–H and O–H groups in total. The lowest BCUT2D eigenvalue weighted by Crippen LogP contribution is -2.37. The van der Waals surface area contributed by atoms with Crippen LogP contribution in [0.4, 0.5) is 10.5 Å². The maximum Gasteiger partial charge on any atom is 0.331 e. The SMILES string of the molecule is N#Cc1ccc(/C=C/C(=O)OCC(=O)NC(=O)Nc2ccccc2)cc1. The van der Waals surface area contributed by atoms with Crippen molar-refractivity contribution in [3.63, 3.8) is 0 Å². The number of anilines is 1. The second kappa shape index (κ2) is 9.39. The molecule has 7 nitrogen and oxygen atoms in total. The predicted molar refractivity (Wildman–Crippen MR) is 94.8 cm³/mol. The van der Waals surface area contributed by atoms with Gasteiger partial charge in [-0.25, -0.2) is 9.59 Å². The number of hydrogen-bond acceptors (Lipinski definition) is 5. The van der Waals surface area contributed by atoms with Gasteiger partial charge in [-0.05, 0) is 35.9 Å². The molecule has 7 heteroatoms. The van der Waals surface area contributed by atoms with Crippen molar-refractivity contribution >= 4 is 29.7 Å². The van der Waals surface area contributed by atoms with Gasteiger partial charge in [0.2, 0.25) is 0 Å². The second-order valence-corrected chi connectivity index (χ2v) is 5.04. The molecule has 2 aromatic carbocycles. The average Bonchev–Trinajstić information content (AvgIpc) is 2.65. The van der Waals surface area contributed by atoms with E-state index in [4.69, 9.17) is 10.00 Å². The highest BCUT2D eigenvalue weighted by Crippen LogP contribution is 2.05. The molecule has 0 spiro atoms. The normalized spacial score (nSPS) is 9.96. The van der Waals surface area contributed by atoms with E-state index in [-0.39, 0.29) is 0 Å². The van der Waals surface area contributed by atoms with E-state index >= 15 is 0 Å². The number of urea groups is 1. The molecule has 26 heavy (non-hydrogen) atoms. The Hall–Kier alpha value is -3.92. The first kappa shape index (κ1) is 18.4. The number of nitrogens with one attached hydrogen (secondary N) is 2. The maximum atomic E-state index is 11.6. The Morgan fingerprint density at radius 2 is 1.73 bits per heavy atom. The maximum absolute atomic E-state index is 11.6. The van der Waals surface area contributed by atoms with Crippen LogP contribution in [-0.2, 0) is 14.3 Å². The van der Waals surface area contributed by atoms with Crippen LogP contribution in [0.2, 0.25) is 0 Å². The Morgan fingerprint density at radius 3 is 2.38 bits per heavy atom. The quantitative estimate of drug-likeness (QED) is 0.637. The summed E-state index contributed by atoms with van der Waals surface area (Å²) in [6.07, 6.45) is 2.64. The Morgan fingerprint density at radius 1 is 1.04 bits per heavy atom. The van der Waals surface area contributed by atoms with Crippen LogP contribution in [0.3, 0.4) is 0 Å². The predicted octanol–water partition coefficient (Wildman–Crippen LogP) is 2.46. The molecule has 0 atom stereocenters. The summed E-state index contributed by atoms with van der Waals surface area (Å²) < 4.78 is 4.75. The lowest BCUT2D eigenvalue weighted by molar-refractivity contribution is -0.143. The molecule has 0 fully saturated rings. The first-order valence-corrected chi connectivity index (χ1v) is 7.58. The largest absolute Gasteiger partial charge is 0.452 e. The number of nitrogens with zero attached hydrogens (tertiary/aromatic N) is 1. The molecule has 0 saturated carbocycles. The van der Waals surface area contributed by atoms with Crippen molar-refractivity contribution in [3.05, 3.63) is 71.8 Å². The number of para-hydroxylation sites is 1. The van der Waals surface area contributed by atoms with Crippen LogP contribution >= 0.6 is 0 Å². The van der Waals surface area contributed by atoms with Gasteiger partial charge in [0.1, 0.15) is 0 Å². The second-order valence-electron chi connectivity index (χ2n) is 5.04. The van der Waals surface area contributed by atoms with Crippen LogP contribution in [-0.4, -0.2) is 24.5 Å². The fourth-order valence-electron chi connectivity index (χ4n) is 1.86. The molecule has 0 bridgehead atoms. The van der Waals surface area contributed by atoms with Gasteiger partial charge in [-0.3, -0.25) is 10.1 Å². The average molecular weight is 349 g/mol. The van der Waals surface area contributed by atoms with Gasteiger partial charge in [0.15, 0.2) is 6.61 Å². The van der Waals surface area contributed by atoms with Gasteiger partial charge in [-0.2, -0.15) is 5.26 Å². The molecule has 0 aliphatic rings. The third kappa shape index (κ3) is 6.29. The van der Waals surface area contributed by atoms with Crippen LogP contribution in [0.1, 0.15) is 11.1 Å². The van der Waals surface area contributed by atoms with E-state index in [0.717, 1.165) is 6.08 Å². The van der Waals surface area contributed by atoms with Gasteiger partial charge in [-0.15, -0.1) is 0 Å². The zero-order valence-electron chi connectivity index (χ0n) is 13.6. The number of amides is 3. The Balaban J connectivity index is 1.74. The summed E-state index contributed by atoms with van der Waals surface area (Å²) in [5, 5.41) is 13.2. The number of benzene rings is 2. The Kier molecular flexibility index (Phi) is 6.65. The van der Waals surface area contributed by atoms with E-state index in [1.54, 1.807) is 54.6 Å². The number of imide groups is 1. The summed E-state index contributed by atoms with van der Waals surface area (Å²) in [7, 11) is 0. The van der Waals surface area contributed by atoms with Crippen LogP contribution in [0.5, 0.6) is 0 Å². The van der Waals surface area contributed by atoms with Crippen LogP contribution in [0, 0.1) is 11.3 Å². The fourth-order valence-corrected chi connectivity index (χ4v) is 1.86. The summed E-state index contributed by atoms with van der Waals surface area (Å²) in [5.74, 6) is -1.48. The molecule has 2 aromatic rings. The minimum atomic E-state index is -0.751. The first-order chi connectivity index (χ1) is 12.6. The molecule has 2 rings (SSSR count). The molecular formula is C19H15N3O4. The number of rotatable bonds is 5. The van der Waals surface area contributed by atoms with Crippen molar-refractivity contribution in [2.45, 2.75) is 0 Å². The molecule has 0 unspecified atom stereocenters. The van der Waals surface area contributed by atoms with Crippen molar-refractivity contribution in [2.24, 2.45) is 0 Å². The molecule has 0 saturated heterocycles. The van der Waals surface area contributed by atoms with E-state index in [1.165, 1.54) is 6.08 Å². The number of nitriles is 1. The molecular weight excluding hydrogens is 334 g/mol. The number of esters is 1. The van der Waals surface area contributed by atoms with Crippen molar-refractivity contribution in [1.29, 1.82) is 5.26 Å². The van der Waals surface area contributed by atoms with Gasteiger partial charge < -0.3 is 10.1 Å². The van der Waals surface area contributed by atoms with E-state index < -0.39 is 24.5 Å². The monoisotopic (exact) mass is 349 g/mol. The van der Waals surface area contributed by atoms with Gasteiger partial charge in [0, 0.05) is 11.8 Å². The minimum Gasteiger partial charge on any atom is -0.452 e. The lowest BCUT2D eigenvalue weighted by atomic mass is 10.1. The third-order valence-corrected chi connectivity index (χ3v) is 3.08. The van der Waals surface area contributed by atoms with E-state index in [1.807, 2.05) is 11.4 Å². The first-order valence-electron chi connectivity index (χ1n) is 7.58. The van der Waals surface area contributed by atoms with Crippen LogP contribution < -0.4 is 10.6 Å². The molecule has 0 aliphatic heterocycles. The minimum absolute atomic E-state index is 0.509. The molecule has 0 aliphatic carbocycles. The third-order valence-electron chi connectivity index (χ3n) is 3.08. The zero-order chi connectivity index (χ0) is 18.8. The molecule has 130 valence electrons. The molecule has 3 amide bonds.